The van der Waals surface area contributed by atoms with Gasteiger partial charge in [-0.1, -0.05) is 32.6 Å². The van der Waals surface area contributed by atoms with Gasteiger partial charge in [-0.25, -0.2) is 0 Å². The predicted octanol–water partition coefficient (Wildman–Crippen LogP) is 3.02. The summed E-state index contributed by atoms with van der Waals surface area (Å²) < 4.78 is 0. The molecule has 2 aliphatic rings. The van der Waals surface area contributed by atoms with Crippen molar-refractivity contribution in [3.05, 3.63) is 0 Å². The molecule has 2 N–H and O–H groups in total. The van der Waals surface area contributed by atoms with Crippen LogP contribution in [0.2, 0.25) is 0 Å². The Morgan fingerprint density at radius 1 is 1.00 bits per heavy atom. The van der Waals surface area contributed by atoms with E-state index in [9.17, 15) is 0 Å². The van der Waals surface area contributed by atoms with Crippen LogP contribution in [0.25, 0.3) is 0 Å². The van der Waals surface area contributed by atoms with Gasteiger partial charge >= 0.3 is 0 Å². The topological polar surface area (TPSA) is 29.3 Å². The maximum atomic E-state index is 6.00. The SMILES string of the molecule is CCC1CCN(C2CCCCCC2CN)CC1. The van der Waals surface area contributed by atoms with Gasteiger partial charge in [0.05, 0.1) is 0 Å². The third-order valence-electron chi connectivity index (χ3n) is 5.12. The molecule has 0 aromatic rings. The summed E-state index contributed by atoms with van der Waals surface area (Å²) in [5.41, 5.74) is 6.00. The third kappa shape index (κ3) is 3.45. The first-order valence-electron chi connectivity index (χ1n) is 7.79. The lowest BCUT2D eigenvalue weighted by atomic mass is 9.88. The first kappa shape index (κ1) is 13.4. The van der Waals surface area contributed by atoms with E-state index in [1.165, 1.54) is 64.5 Å². The quantitative estimate of drug-likeness (QED) is 0.766. The van der Waals surface area contributed by atoms with Crippen LogP contribution >= 0.6 is 0 Å². The molecule has 1 saturated carbocycles. The van der Waals surface area contributed by atoms with Crippen molar-refractivity contribution in [2.24, 2.45) is 17.6 Å². The average molecular weight is 238 g/mol. The number of nitrogens with two attached hydrogens (primary N) is 1. The second-order valence-corrected chi connectivity index (χ2v) is 6.09. The molecule has 1 heterocycles. The van der Waals surface area contributed by atoms with E-state index in [2.05, 4.69) is 11.8 Å². The van der Waals surface area contributed by atoms with Gasteiger partial charge in [0.25, 0.3) is 0 Å². The van der Waals surface area contributed by atoms with E-state index in [-0.39, 0.29) is 0 Å². The zero-order chi connectivity index (χ0) is 12.1. The van der Waals surface area contributed by atoms with Gasteiger partial charge in [0.15, 0.2) is 0 Å². The molecular formula is C15H30N2. The minimum atomic E-state index is 0.774. The highest BCUT2D eigenvalue weighted by atomic mass is 15.2. The Balaban J connectivity index is 1.90. The fourth-order valence-electron chi connectivity index (χ4n) is 3.81. The maximum Gasteiger partial charge on any atom is 0.0136 e. The van der Waals surface area contributed by atoms with Gasteiger partial charge in [-0.15, -0.1) is 0 Å². The minimum Gasteiger partial charge on any atom is -0.330 e. The first-order chi connectivity index (χ1) is 8.35. The monoisotopic (exact) mass is 238 g/mol. The van der Waals surface area contributed by atoms with Gasteiger partial charge < -0.3 is 10.6 Å². The van der Waals surface area contributed by atoms with E-state index in [0.29, 0.717) is 0 Å². The van der Waals surface area contributed by atoms with Gasteiger partial charge in [-0.05, 0) is 57.2 Å². The van der Waals surface area contributed by atoms with Crippen molar-refractivity contribution < 1.29 is 0 Å². The zero-order valence-electron chi connectivity index (χ0n) is 11.5. The van der Waals surface area contributed by atoms with E-state index in [1.54, 1.807) is 0 Å². The van der Waals surface area contributed by atoms with Crippen molar-refractivity contribution in [3.8, 4) is 0 Å². The Labute approximate surface area is 107 Å². The number of hydrogen-bond donors (Lipinski definition) is 1. The van der Waals surface area contributed by atoms with E-state index in [4.69, 9.17) is 5.73 Å². The number of piperidine rings is 1. The van der Waals surface area contributed by atoms with Gasteiger partial charge in [0.2, 0.25) is 0 Å². The van der Waals surface area contributed by atoms with E-state index in [1.807, 2.05) is 0 Å². The van der Waals surface area contributed by atoms with Crippen molar-refractivity contribution in [1.82, 2.24) is 4.90 Å². The van der Waals surface area contributed by atoms with Crippen molar-refractivity contribution in [1.29, 1.82) is 0 Å². The largest absolute Gasteiger partial charge is 0.330 e. The molecule has 0 aromatic heterocycles. The molecule has 0 aromatic carbocycles. The van der Waals surface area contributed by atoms with E-state index < -0.39 is 0 Å². The Morgan fingerprint density at radius 2 is 1.71 bits per heavy atom. The molecule has 0 bridgehead atoms. The molecule has 2 atom stereocenters. The fraction of sp³-hybridized carbons (Fsp3) is 1.00. The molecule has 2 nitrogen and oxygen atoms in total. The van der Waals surface area contributed by atoms with Gasteiger partial charge in [0, 0.05) is 6.04 Å². The molecule has 100 valence electrons. The molecule has 2 heteroatoms. The van der Waals surface area contributed by atoms with Crippen molar-refractivity contribution in [2.45, 2.75) is 64.3 Å². The van der Waals surface area contributed by atoms with Crippen LogP contribution in [0.5, 0.6) is 0 Å². The molecule has 17 heavy (non-hydrogen) atoms. The molecule has 2 fully saturated rings. The summed E-state index contributed by atoms with van der Waals surface area (Å²) in [4.78, 5) is 2.77. The molecule has 2 rings (SSSR count). The Morgan fingerprint density at radius 3 is 2.35 bits per heavy atom. The summed E-state index contributed by atoms with van der Waals surface area (Å²) in [7, 11) is 0. The van der Waals surface area contributed by atoms with Crippen LogP contribution in [-0.4, -0.2) is 30.6 Å². The second-order valence-electron chi connectivity index (χ2n) is 6.09. The Bertz CT molecular complexity index is 209. The van der Waals surface area contributed by atoms with Crippen LogP contribution in [0, 0.1) is 11.8 Å². The normalized spacial score (nSPS) is 33.5. The predicted molar refractivity (Wildman–Crippen MR) is 74.0 cm³/mol. The lowest BCUT2D eigenvalue weighted by molar-refractivity contribution is 0.0902. The van der Waals surface area contributed by atoms with E-state index in [0.717, 1.165) is 24.4 Å². The van der Waals surface area contributed by atoms with E-state index >= 15 is 0 Å². The summed E-state index contributed by atoms with van der Waals surface area (Å²) >= 11 is 0. The van der Waals surface area contributed by atoms with Crippen molar-refractivity contribution in [2.75, 3.05) is 19.6 Å². The average Bonchev–Trinajstić information content (AvgIpc) is 2.64. The number of rotatable bonds is 3. The molecule has 1 saturated heterocycles. The molecule has 0 amide bonds. The highest BCUT2D eigenvalue weighted by Crippen LogP contribution is 2.30. The van der Waals surface area contributed by atoms with Crippen molar-refractivity contribution in [3.63, 3.8) is 0 Å². The number of nitrogens with zero attached hydrogens (tertiary/aromatic N) is 1. The first-order valence-corrected chi connectivity index (χ1v) is 7.79. The molecule has 2 unspecified atom stereocenters. The summed E-state index contributed by atoms with van der Waals surface area (Å²) in [5, 5.41) is 0. The number of hydrogen-bond acceptors (Lipinski definition) is 2. The third-order valence-corrected chi connectivity index (χ3v) is 5.12. The highest BCUT2D eigenvalue weighted by Gasteiger charge is 2.30. The standard InChI is InChI=1S/C15H30N2/c1-2-13-8-10-17(11-9-13)15-7-5-3-4-6-14(15)12-16/h13-15H,2-12,16H2,1H3. The van der Waals surface area contributed by atoms with Crippen LogP contribution in [-0.2, 0) is 0 Å². The zero-order valence-corrected chi connectivity index (χ0v) is 11.5. The molecule has 1 aliphatic carbocycles. The van der Waals surface area contributed by atoms with Crippen LogP contribution in [0.15, 0.2) is 0 Å². The molecule has 1 aliphatic heterocycles. The highest BCUT2D eigenvalue weighted by molar-refractivity contribution is 4.85. The van der Waals surface area contributed by atoms with Gasteiger partial charge in [-0.2, -0.15) is 0 Å². The fourth-order valence-corrected chi connectivity index (χ4v) is 3.81. The van der Waals surface area contributed by atoms with Crippen LogP contribution in [0.4, 0.5) is 0 Å². The lowest BCUT2D eigenvalue weighted by Crippen LogP contribution is -2.46. The lowest BCUT2D eigenvalue weighted by Gasteiger charge is -2.40. The van der Waals surface area contributed by atoms with Crippen molar-refractivity contribution >= 4 is 0 Å². The summed E-state index contributed by atoms with van der Waals surface area (Å²) in [6.45, 7) is 5.91. The minimum absolute atomic E-state index is 0.774. The summed E-state index contributed by atoms with van der Waals surface area (Å²) in [5.74, 6) is 1.77. The number of likely N-dealkylation sites (tertiary alicyclic amines) is 1. The smallest absolute Gasteiger partial charge is 0.0136 e. The Hall–Kier alpha value is -0.0800. The van der Waals surface area contributed by atoms with Gasteiger partial charge in [0.1, 0.15) is 0 Å². The second kappa shape index (κ2) is 6.75. The summed E-state index contributed by atoms with van der Waals surface area (Å²) in [6, 6.07) is 0.806. The molecule has 0 spiro atoms. The Kier molecular flexibility index (Phi) is 5.30. The van der Waals surface area contributed by atoms with Gasteiger partial charge in [-0.3, -0.25) is 0 Å². The summed E-state index contributed by atoms with van der Waals surface area (Å²) in [6.07, 6.45) is 11.2. The van der Waals surface area contributed by atoms with Crippen LogP contribution in [0.3, 0.4) is 0 Å². The maximum absolute atomic E-state index is 6.00. The van der Waals surface area contributed by atoms with Crippen LogP contribution in [0.1, 0.15) is 58.3 Å². The molecule has 0 radical (unpaired) electrons. The molecular weight excluding hydrogens is 208 g/mol. The van der Waals surface area contributed by atoms with Crippen LogP contribution < -0.4 is 5.73 Å².